The van der Waals surface area contributed by atoms with Gasteiger partial charge in [-0.1, -0.05) is 23.9 Å². The van der Waals surface area contributed by atoms with E-state index in [1.807, 2.05) is 24.3 Å². The summed E-state index contributed by atoms with van der Waals surface area (Å²) in [5.74, 6) is 0.633. The first kappa shape index (κ1) is 21.3. The van der Waals surface area contributed by atoms with Crippen LogP contribution in [0.4, 0.5) is 10.8 Å². The Morgan fingerprint density at radius 2 is 1.94 bits per heavy atom. The number of amides is 1. The van der Waals surface area contributed by atoms with E-state index in [0.717, 1.165) is 21.9 Å². The molecule has 0 radical (unpaired) electrons. The first-order chi connectivity index (χ1) is 15.0. The molecular formula is C20H19N5O3S3. The summed E-state index contributed by atoms with van der Waals surface area (Å²) >= 11 is 2.77. The molecule has 31 heavy (non-hydrogen) atoms. The van der Waals surface area contributed by atoms with Crippen molar-refractivity contribution >= 4 is 60.9 Å². The minimum absolute atomic E-state index is 0.0999. The number of thioether (sulfide) groups is 1. The van der Waals surface area contributed by atoms with Crippen molar-refractivity contribution < 1.29 is 13.2 Å². The monoisotopic (exact) mass is 473 g/mol. The highest BCUT2D eigenvalue weighted by Gasteiger charge is 2.15. The maximum Gasteiger partial charge on any atom is 0.263 e. The van der Waals surface area contributed by atoms with Crippen LogP contribution in [0.2, 0.25) is 0 Å². The fraction of sp³-hybridized carbons (Fsp3) is 0.150. The van der Waals surface area contributed by atoms with Gasteiger partial charge in [0.1, 0.15) is 0 Å². The molecule has 0 spiro atoms. The van der Waals surface area contributed by atoms with E-state index in [9.17, 15) is 13.2 Å². The number of hydrogen-bond acceptors (Lipinski definition) is 7. The number of sulfonamides is 1. The Labute approximate surface area is 187 Å². The van der Waals surface area contributed by atoms with Gasteiger partial charge in [-0.2, -0.15) is 0 Å². The highest BCUT2D eigenvalue weighted by Crippen LogP contribution is 2.21. The predicted octanol–water partition coefficient (Wildman–Crippen LogP) is 4.33. The summed E-state index contributed by atoms with van der Waals surface area (Å²) in [6, 6.07) is 13.9. The van der Waals surface area contributed by atoms with Crippen LogP contribution in [0.3, 0.4) is 0 Å². The Hall–Kier alpha value is -2.89. The summed E-state index contributed by atoms with van der Waals surface area (Å²) in [5.41, 5.74) is 2.47. The number of carbonyl (C=O) groups excluding carboxylic acids is 1. The summed E-state index contributed by atoms with van der Waals surface area (Å²) in [5, 5.41) is 5.62. The number of imidazole rings is 1. The number of nitrogens with one attached hydrogen (secondary N) is 3. The lowest BCUT2D eigenvalue weighted by molar-refractivity contribution is -0.116. The number of para-hydroxylation sites is 2. The predicted molar refractivity (Wildman–Crippen MR) is 124 cm³/mol. The third kappa shape index (κ3) is 5.63. The minimum atomic E-state index is -3.71. The number of H-pyrrole nitrogens is 1. The fourth-order valence-electron chi connectivity index (χ4n) is 2.79. The topological polar surface area (TPSA) is 117 Å². The van der Waals surface area contributed by atoms with E-state index in [0.29, 0.717) is 23.7 Å². The van der Waals surface area contributed by atoms with Gasteiger partial charge in [-0.25, -0.2) is 18.4 Å². The van der Waals surface area contributed by atoms with Gasteiger partial charge in [0.2, 0.25) is 5.91 Å². The normalized spacial score (nSPS) is 11.5. The number of fused-ring (bicyclic) bond motifs is 1. The average Bonchev–Trinajstić information content (AvgIpc) is 3.40. The Bertz CT molecular complexity index is 1240. The van der Waals surface area contributed by atoms with E-state index in [1.165, 1.54) is 29.7 Å². The third-order valence-electron chi connectivity index (χ3n) is 4.26. The van der Waals surface area contributed by atoms with Gasteiger partial charge in [0.05, 0.1) is 15.9 Å². The molecule has 2 heterocycles. The standard InChI is InChI=1S/C20H19N5O3S3/c26-18(6-3-12-29-20-23-16-4-1-2-5-17(16)24-20)22-14-7-9-15(10-8-14)31(27,28)25-19-21-11-13-30-19/h1-2,4-5,7-11,13H,3,6,12H2,(H,21,25)(H,22,26)(H,23,24). The summed E-state index contributed by atoms with van der Waals surface area (Å²) < 4.78 is 27.1. The van der Waals surface area contributed by atoms with Crippen molar-refractivity contribution in [1.82, 2.24) is 15.0 Å². The molecule has 2 aromatic carbocycles. The van der Waals surface area contributed by atoms with Gasteiger partial charge in [-0.05, 0) is 42.8 Å². The van der Waals surface area contributed by atoms with Crippen LogP contribution in [-0.4, -0.2) is 35.0 Å². The molecule has 0 saturated carbocycles. The van der Waals surface area contributed by atoms with Gasteiger partial charge >= 0.3 is 0 Å². The van der Waals surface area contributed by atoms with Crippen molar-refractivity contribution in [3.63, 3.8) is 0 Å². The molecule has 0 fully saturated rings. The number of carbonyl (C=O) groups is 1. The minimum Gasteiger partial charge on any atom is -0.333 e. The van der Waals surface area contributed by atoms with Gasteiger partial charge < -0.3 is 10.3 Å². The van der Waals surface area contributed by atoms with Crippen molar-refractivity contribution in [2.45, 2.75) is 22.9 Å². The van der Waals surface area contributed by atoms with Crippen LogP contribution in [0.1, 0.15) is 12.8 Å². The van der Waals surface area contributed by atoms with E-state index in [-0.39, 0.29) is 10.8 Å². The number of nitrogens with zero attached hydrogens (tertiary/aromatic N) is 2. The van der Waals surface area contributed by atoms with Crippen LogP contribution >= 0.6 is 23.1 Å². The molecule has 0 atom stereocenters. The molecule has 160 valence electrons. The van der Waals surface area contributed by atoms with Crippen LogP contribution < -0.4 is 10.0 Å². The van der Waals surface area contributed by atoms with Gasteiger partial charge in [0.25, 0.3) is 10.0 Å². The lowest BCUT2D eigenvalue weighted by Gasteiger charge is -2.08. The van der Waals surface area contributed by atoms with Crippen LogP contribution in [-0.2, 0) is 14.8 Å². The van der Waals surface area contributed by atoms with Gasteiger partial charge in [0, 0.05) is 29.4 Å². The quantitative estimate of drug-likeness (QED) is 0.246. The number of hydrogen-bond donors (Lipinski definition) is 3. The molecule has 8 nitrogen and oxygen atoms in total. The molecule has 0 saturated heterocycles. The fourth-order valence-corrected chi connectivity index (χ4v) is 5.40. The molecule has 0 bridgehead atoms. The molecule has 2 aromatic heterocycles. The zero-order chi connectivity index (χ0) is 21.7. The Morgan fingerprint density at radius 1 is 1.13 bits per heavy atom. The summed E-state index contributed by atoms with van der Waals surface area (Å²) in [4.78, 5) is 23.9. The first-order valence-corrected chi connectivity index (χ1v) is 12.7. The molecule has 4 aromatic rings. The molecule has 3 N–H and O–H groups in total. The second-order valence-corrected chi connectivity index (χ2v) is 10.2. The van der Waals surface area contributed by atoms with Crippen LogP contribution in [0.5, 0.6) is 0 Å². The van der Waals surface area contributed by atoms with Gasteiger partial charge in [-0.15, -0.1) is 11.3 Å². The van der Waals surface area contributed by atoms with Crippen LogP contribution in [0.15, 0.2) is 70.2 Å². The van der Waals surface area contributed by atoms with Crippen molar-refractivity contribution in [2.75, 3.05) is 15.8 Å². The van der Waals surface area contributed by atoms with E-state index >= 15 is 0 Å². The number of anilines is 2. The second kappa shape index (κ2) is 9.50. The molecular weight excluding hydrogens is 454 g/mol. The molecule has 1 amide bonds. The maximum atomic E-state index is 12.3. The highest BCUT2D eigenvalue weighted by molar-refractivity contribution is 7.99. The number of benzene rings is 2. The molecule has 0 aliphatic heterocycles. The smallest absolute Gasteiger partial charge is 0.263 e. The zero-order valence-corrected chi connectivity index (χ0v) is 18.7. The molecule has 0 aliphatic rings. The van der Waals surface area contributed by atoms with E-state index < -0.39 is 10.0 Å². The average molecular weight is 474 g/mol. The van der Waals surface area contributed by atoms with Gasteiger partial charge in [-0.3, -0.25) is 9.52 Å². The second-order valence-electron chi connectivity index (χ2n) is 6.53. The Balaban J connectivity index is 1.24. The Morgan fingerprint density at radius 3 is 2.68 bits per heavy atom. The first-order valence-electron chi connectivity index (χ1n) is 9.39. The highest BCUT2D eigenvalue weighted by atomic mass is 32.2. The van der Waals surface area contributed by atoms with Crippen molar-refractivity contribution in [3.05, 3.63) is 60.1 Å². The van der Waals surface area contributed by atoms with Gasteiger partial charge in [0.15, 0.2) is 10.3 Å². The summed E-state index contributed by atoms with van der Waals surface area (Å²) in [6.07, 6.45) is 2.58. The molecule has 11 heteroatoms. The third-order valence-corrected chi connectivity index (χ3v) is 7.39. The number of aromatic nitrogens is 3. The zero-order valence-electron chi connectivity index (χ0n) is 16.2. The van der Waals surface area contributed by atoms with Crippen molar-refractivity contribution in [2.24, 2.45) is 0 Å². The van der Waals surface area contributed by atoms with Crippen LogP contribution in [0, 0.1) is 0 Å². The van der Waals surface area contributed by atoms with Crippen LogP contribution in [0.25, 0.3) is 11.0 Å². The lowest BCUT2D eigenvalue weighted by Crippen LogP contribution is -2.14. The summed E-state index contributed by atoms with van der Waals surface area (Å²) in [6.45, 7) is 0. The SMILES string of the molecule is O=C(CCCSc1nc2ccccc2[nH]1)Nc1ccc(S(=O)(=O)Nc2nccs2)cc1. The van der Waals surface area contributed by atoms with E-state index in [2.05, 4.69) is 25.0 Å². The largest absolute Gasteiger partial charge is 0.333 e. The maximum absolute atomic E-state index is 12.3. The molecule has 0 aliphatic carbocycles. The molecule has 4 rings (SSSR count). The Kier molecular flexibility index (Phi) is 6.54. The number of aromatic amines is 1. The lowest BCUT2D eigenvalue weighted by atomic mass is 10.3. The summed E-state index contributed by atoms with van der Waals surface area (Å²) in [7, 11) is -3.71. The number of rotatable bonds is 9. The van der Waals surface area contributed by atoms with Crippen molar-refractivity contribution in [1.29, 1.82) is 0 Å². The van der Waals surface area contributed by atoms with E-state index in [4.69, 9.17) is 0 Å². The van der Waals surface area contributed by atoms with E-state index in [1.54, 1.807) is 29.3 Å². The van der Waals surface area contributed by atoms with Crippen molar-refractivity contribution in [3.8, 4) is 0 Å². The number of thiazole rings is 1. The molecule has 0 unspecified atom stereocenters.